The van der Waals surface area contributed by atoms with Crippen LogP contribution in [0.4, 0.5) is 0 Å². The highest BCUT2D eigenvalue weighted by Crippen LogP contribution is 2.15. The van der Waals surface area contributed by atoms with E-state index in [1.807, 2.05) is 12.1 Å². The topological polar surface area (TPSA) is 20.2 Å². The Morgan fingerprint density at radius 3 is 1.85 bits per heavy atom. The molecule has 2 aromatic carbocycles. The SMILES string of the molecule is CCCCCCc1ccc(Cc2ccc(O)cc2)cc1. The molecule has 0 spiro atoms. The summed E-state index contributed by atoms with van der Waals surface area (Å²) in [4.78, 5) is 0. The summed E-state index contributed by atoms with van der Waals surface area (Å²) in [5.41, 5.74) is 4.00. The van der Waals surface area contributed by atoms with Gasteiger partial charge in [-0.2, -0.15) is 0 Å². The zero-order valence-corrected chi connectivity index (χ0v) is 12.3. The molecule has 0 saturated carbocycles. The molecule has 0 atom stereocenters. The Hall–Kier alpha value is -1.76. The average Bonchev–Trinajstić information content (AvgIpc) is 2.48. The number of aromatic hydroxyl groups is 1. The van der Waals surface area contributed by atoms with E-state index in [4.69, 9.17) is 0 Å². The van der Waals surface area contributed by atoms with Gasteiger partial charge in [0.15, 0.2) is 0 Å². The molecule has 0 saturated heterocycles. The van der Waals surface area contributed by atoms with Crippen LogP contribution in [-0.4, -0.2) is 5.11 Å². The van der Waals surface area contributed by atoms with Crippen molar-refractivity contribution in [3.05, 3.63) is 65.2 Å². The third kappa shape index (κ3) is 4.73. The van der Waals surface area contributed by atoms with Gasteiger partial charge in [-0.05, 0) is 48.1 Å². The van der Waals surface area contributed by atoms with E-state index in [0.29, 0.717) is 5.75 Å². The maximum absolute atomic E-state index is 9.28. The number of aryl methyl sites for hydroxylation is 1. The highest BCUT2D eigenvalue weighted by atomic mass is 16.3. The van der Waals surface area contributed by atoms with Crippen LogP contribution in [0, 0.1) is 0 Å². The van der Waals surface area contributed by atoms with Gasteiger partial charge >= 0.3 is 0 Å². The number of rotatable bonds is 7. The van der Waals surface area contributed by atoms with Gasteiger partial charge in [-0.25, -0.2) is 0 Å². The van der Waals surface area contributed by atoms with Crippen LogP contribution in [0.1, 0.15) is 49.3 Å². The van der Waals surface area contributed by atoms with E-state index in [1.54, 1.807) is 12.1 Å². The summed E-state index contributed by atoms with van der Waals surface area (Å²) in [6.45, 7) is 2.25. The summed E-state index contributed by atoms with van der Waals surface area (Å²) in [5.74, 6) is 0.330. The Bertz CT molecular complexity index is 496. The van der Waals surface area contributed by atoms with Gasteiger partial charge in [0.2, 0.25) is 0 Å². The summed E-state index contributed by atoms with van der Waals surface area (Å²) in [6, 6.07) is 16.4. The second kappa shape index (κ2) is 7.74. The van der Waals surface area contributed by atoms with Crippen molar-refractivity contribution in [1.29, 1.82) is 0 Å². The van der Waals surface area contributed by atoms with Gasteiger partial charge in [-0.1, -0.05) is 62.6 Å². The fraction of sp³-hybridized carbons (Fsp3) is 0.368. The van der Waals surface area contributed by atoms with Crippen molar-refractivity contribution in [2.75, 3.05) is 0 Å². The van der Waals surface area contributed by atoms with Gasteiger partial charge in [-0.15, -0.1) is 0 Å². The number of phenolic OH excluding ortho intramolecular Hbond substituents is 1. The molecule has 1 heteroatoms. The Morgan fingerprint density at radius 1 is 0.700 bits per heavy atom. The van der Waals surface area contributed by atoms with Crippen LogP contribution < -0.4 is 0 Å². The first-order valence-electron chi connectivity index (χ1n) is 7.63. The number of hydrogen-bond donors (Lipinski definition) is 1. The Balaban J connectivity index is 1.86. The lowest BCUT2D eigenvalue weighted by Crippen LogP contribution is -1.90. The van der Waals surface area contributed by atoms with Crippen LogP contribution in [-0.2, 0) is 12.8 Å². The van der Waals surface area contributed by atoms with Gasteiger partial charge in [0.25, 0.3) is 0 Å². The van der Waals surface area contributed by atoms with Crippen LogP contribution in [0.5, 0.6) is 5.75 Å². The predicted molar refractivity (Wildman–Crippen MR) is 85.2 cm³/mol. The Morgan fingerprint density at radius 2 is 1.25 bits per heavy atom. The fourth-order valence-corrected chi connectivity index (χ4v) is 2.43. The molecule has 0 unspecified atom stereocenters. The minimum absolute atomic E-state index is 0.330. The van der Waals surface area contributed by atoms with Gasteiger partial charge < -0.3 is 5.11 Å². The van der Waals surface area contributed by atoms with E-state index in [0.717, 1.165) is 6.42 Å². The molecule has 0 radical (unpaired) electrons. The zero-order chi connectivity index (χ0) is 14.2. The van der Waals surface area contributed by atoms with E-state index >= 15 is 0 Å². The molecule has 1 N–H and O–H groups in total. The van der Waals surface area contributed by atoms with Crippen molar-refractivity contribution in [2.24, 2.45) is 0 Å². The van der Waals surface area contributed by atoms with Crippen LogP contribution >= 0.6 is 0 Å². The van der Waals surface area contributed by atoms with Gasteiger partial charge in [-0.3, -0.25) is 0 Å². The number of unbranched alkanes of at least 4 members (excludes halogenated alkanes) is 3. The van der Waals surface area contributed by atoms with E-state index < -0.39 is 0 Å². The van der Waals surface area contributed by atoms with Crippen LogP contribution in [0.2, 0.25) is 0 Å². The molecular weight excluding hydrogens is 244 g/mol. The summed E-state index contributed by atoms with van der Waals surface area (Å²) in [7, 11) is 0. The molecular formula is C19H24O. The quantitative estimate of drug-likeness (QED) is 0.692. The number of hydrogen-bond acceptors (Lipinski definition) is 1. The van der Waals surface area contributed by atoms with Crippen molar-refractivity contribution >= 4 is 0 Å². The predicted octanol–water partition coefficient (Wildman–Crippen LogP) is 5.11. The minimum atomic E-state index is 0.330. The monoisotopic (exact) mass is 268 g/mol. The molecule has 106 valence electrons. The molecule has 0 aliphatic rings. The van der Waals surface area contributed by atoms with E-state index in [2.05, 4.69) is 31.2 Å². The fourth-order valence-electron chi connectivity index (χ4n) is 2.43. The second-order valence-electron chi connectivity index (χ2n) is 5.47. The number of phenols is 1. The van der Waals surface area contributed by atoms with E-state index in [1.165, 1.54) is 48.8 Å². The molecule has 0 heterocycles. The molecule has 0 aliphatic carbocycles. The van der Waals surface area contributed by atoms with Gasteiger partial charge in [0.1, 0.15) is 5.75 Å². The lowest BCUT2D eigenvalue weighted by molar-refractivity contribution is 0.475. The zero-order valence-electron chi connectivity index (χ0n) is 12.3. The second-order valence-corrected chi connectivity index (χ2v) is 5.47. The molecule has 0 aliphatic heterocycles. The molecule has 2 aromatic rings. The summed E-state index contributed by atoms with van der Waals surface area (Å²) < 4.78 is 0. The van der Waals surface area contributed by atoms with E-state index in [9.17, 15) is 5.11 Å². The molecule has 0 aromatic heterocycles. The summed E-state index contributed by atoms with van der Waals surface area (Å²) >= 11 is 0. The largest absolute Gasteiger partial charge is 0.508 e. The Kier molecular flexibility index (Phi) is 5.67. The summed E-state index contributed by atoms with van der Waals surface area (Å²) in [5, 5.41) is 9.28. The van der Waals surface area contributed by atoms with Gasteiger partial charge in [0, 0.05) is 0 Å². The van der Waals surface area contributed by atoms with Crippen molar-refractivity contribution in [3.63, 3.8) is 0 Å². The van der Waals surface area contributed by atoms with Crippen molar-refractivity contribution in [2.45, 2.75) is 45.4 Å². The summed E-state index contributed by atoms with van der Waals surface area (Å²) in [6.07, 6.45) is 7.40. The van der Waals surface area contributed by atoms with Gasteiger partial charge in [0.05, 0.1) is 0 Å². The minimum Gasteiger partial charge on any atom is -0.508 e. The van der Waals surface area contributed by atoms with E-state index in [-0.39, 0.29) is 0 Å². The highest BCUT2D eigenvalue weighted by Gasteiger charge is 1.98. The lowest BCUT2D eigenvalue weighted by Gasteiger charge is -2.05. The first-order chi connectivity index (χ1) is 9.78. The van der Waals surface area contributed by atoms with Crippen LogP contribution in [0.15, 0.2) is 48.5 Å². The lowest BCUT2D eigenvalue weighted by atomic mass is 10.0. The molecule has 0 amide bonds. The molecule has 0 fully saturated rings. The normalized spacial score (nSPS) is 10.7. The molecule has 2 rings (SSSR count). The first kappa shape index (κ1) is 14.6. The molecule has 0 bridgehead atoms. The maximum atomic E-state index is 9.28. The van der Waals surface area contributed by atoms with Crippen LogP contribution in [0.3, 0.4) is 0 Å². The van der Waals surface area contributed by atoms with Crippen molar-refractivity contribution in [1.82, 2.24) is 0 Å². The van der Waals surface area contributed by atoms with Crippen LogP contribution in [0.25, 0.3) is 0 Å². The Labute approximate surface area is 122 Å². The number of benzene rings is 2. The average molecular weight is 268 g/mol. The molecule has 20 heavy (non-hydrogen) atoms. The molecule has 1 nitrogen and oxygen atoms in total. The third-order valence-electron chi connectivity index (χ3n) is 3.69. The first-order valence-corrected chi connectivity index (χ1v) is 7.63. The maximum Gasteiger partial charge on any atom is 0.115 e. The smallest absolute Gasteiger partial charge is 0.115 e. The highest BCUT2D eigenvalue weighted by molar-refractivity contribution is 5.32. The third-order valence-corrected chi connectivity index (χ3v) is 3.69. The van der Waals surface area contributed by atoms with Crippen molar-refractivity contribution < 1.29 is 5.11 Å². The van der Waals surface area contributed by atoms with Crippen molar-refractivity contribution in [3.8, 4) is 5.75 Å². The standard InChI is InChI=1S/C19H24O/c1-2-3-4-5-6-16-7-9-17(10-8-16)15-18-11-13-19(20)14-12-18/h7-14,20H,2-6,15H2,1H3.